The van der Waals surface area contributed by atoms with Crippen LogP contribution in [0.4, 0.5) is 0 Å². The number of pyridine rings is 1. The Balaban J connectivity index is 2.31. The molecule has 0 aromatic carbocycles. The number of Topliss-reactive ketones (excluding diaryl/α,β-unsaturated/α-hetero) is 1. The Hall–Kier alpha value is -1.42. The van der Waals surface area contributed by atoms with Gasteiger partial charge in [-0.15, -0.1) is 0 Å². The van der Waals surface area contributed by atoms with Crippen molar-refractivity contribution in [3.05, 3.63) is 32.7 Å². The van der Waals surface area contributed by atoms with Crippen molar-refractivity contribution in [1.82, 2.24) is 4.57 Å². The van der Waals surface area contributed by atoms with E-state index in [4.69, 9.17) is 5.11 Å². The summed E-state index contributed by atoms with van der Waals surface area (Å²) >= 11 is 0. The zero-order valence-corrected chi connectivity index (χ0v) is 10.4. The summed E-state index contributed by atoms with van der Waals surface area (Å²) in [6.45, 7) is 0.251. The van der Waals surface area contributed by atoms with E-state index in [1.807, 2.05) is 0 Å². The Morgan fingerprint density at radius 2 is 1.72 bits per heavy atom. The van der Waals surface area contributed by atoms with Crippen LogP contribution in [0.3, 0.4) is 0 Å². The third-order valence-corrected chi connectivity index (χ3v) is 4.06. The number of rotatable bonds is 2. The van der Waals surface area contributed by atoms with Gasteiger partial charge in [-0.3, -0.25) is 9.59 Å². The smallest absolute Gasteiger partial charge is 0.254 e. The van der Waals surface area contributed by atoms with Gasteiger partial charge in [0, 0.05) is 29.8 Å². The summed E-state index contributed by atoms with van der Waals surface area (Å²) in [7, 11) is 0. The topological polar surface area (TPSA) is 59.3 Å². The molecule has 1 heterocycles. The minimum atomic E-state index is -0.0562. The lowest BCUT2D eigenvalue weighted by Gasteiger charge is -2.23. The van der Waals surface area contributed by atoms with E-state index in [1.165, 1.54) is 0 Å². The van der Waals surface area contributed by atoms with E-state index in [2.05, 4.69) is 0 Å². The fourth-order valence-corrected chi connectivity index (χ4v) is 3.32. The van der Waals surface area contributed by atoms with Crippen LogP contribution in [0.1, 0.15) is 46.4 Å². The van der Waals surface area contributed by atoms with Crippen molar-refractivity contribution >= 4 is 5.78 Å². The number of carbonyl (C=O) groups excluding carboxylic acids is 1. The van der Waals surface area contributed by atoms with Gasteiger partial charge in [-0.25, -0.2) is 0 Å². The number of nitrogens with zero attached hydrogens (tertiary/aromatic N) is 1. The molecule has 0 spiro atoms. The first-order chi connectivity index (χ1) is 8.74. The number of aliphatic hydroxyl groups excluding tert-OH is 1. The maximum absolute atomic E-state index is 12.4. The van der Waals surface area contributed by atoms with Crippen molar-refractivity contribution < 1.29 is 9.90 Å². The van der Waals surface area contributed by atoms with Crippen LogP contribution in [0.5, 0.6) is 0 Å². The fourth-order valence-electron chi connectivity index (χ4n) is 3.32. The lowest BCUT2D eigenvalue weighted by atomic mass is 9.89. The van der Waals surface area contributed by atoms with Gasteiger partial charge in [0.05, 0.1) is 6.61 Å². The van der Waals surface area contributed by atoms with Crippen molar-refractivity contribution in [3.63, 3.8) is 0 Å². The first kappa shape index (κ1) is 11.7. The average molecular weight is 247 g/mol. The van der Waals surface area contributed by atoms with E-state index < -0.39 is 0 Å². The Morgan fingerprint density at radius 3 is 2.50 bits per heavy atom. The summed E-state index contributed by atoms with van der Waals surface area (Å²) in [5, 5.41) is 9.12. The zero-order chi connectivity index (χ0) is 12.7. The SMILES string of the molecule is O=C1CCCc2c1c1c(c(=O)n2CCO)CCC1. The largest absolute Gasteiger partial charge is 0.395 e. The summed E-state index contributed by atoms with van der Waals surface area (Å²) in [4.78, 5) is 24.5. The van der Waals surface area contributed by atoms with Gasteiger partial charge in [-0.2, -0.15) is 0 Å². The molecule has 0 saturated heterocycles. The van der Waals surface area contributed by atoms with Crippen molar-refractivity contribution in [3.8, 4) is 0 Å². The van der Waals surface area contributed by atoms with E-state index in [1.54, 1.807) is 4.57 Å². The highest BCUT2D eigenvalue weighted by atomic mass is 16.3. The molecule has 0 amide bonds. The molecule has 18 heavy (non-hydrogen) atoms. The predicted molar refractivity (Wildman–Crippen MR) is 67.1 cm³/mol. The van der Waals surface area contributed by atoms with Crippen molar-refractivity contribution in [1.29, 1.82) is 0 Å². The van der Waals surface area contributed by atoms with Gasteiger partial charge in [0.15, 0.2) is 5.78 Å². The molecule has 0 saturated carbocycles. The highest BCUT2D eigenvalue weighted by molar-refractivity contribution is 5.99. The maximum atomic E-state index is 12.4. The first-order valence-corrected chi connectivity index (χ1v) is 6.65. The molecule has 1 N–H and O–H groups in total. The van der Waals surface area contributed by atoms with Crippen molar-refractivity contribution in [2.24, 2.45) is 0 Å². The van der Waals surface area contributed by atoms with E-state index in [0.29, 0.717) is 13.0 Å². The molecule has 3 rings (SSSR count). The fraction of sp³-hybridized carbons (Fsp3) is 0.571. The highest BCUT2D eigenvalue weighted by Crippen LogP contribution is 2.30. The second-order valence-corrected chi connectivity index (χ2v) is 5.09. The van der Waals surface area contributed by atoms with Gasteiger partial charge < -0.3 is 9.67 Å². The number of hydrogen-bond donors (Lipinski definition) is 1. The summed E-state index contributed by atoms with van der Waals surface area (Å²) in [6, 6.07) is 0. The number of carbonyl (C=O) groups is 1. The van der Waals surface area contributed by atoms with Crippen LogP contribution in [-0.4, -0.2) is 22.1 Å². The predicted octanol–water partition coefficient (Wildman–Crippen LogP) is 0.848. The summed E-state index contributed by atoms with van der Waals surface area (Å²) in [5.74, 6) is 0.182. The van der Waals surface area contributed by atoms with Crippen LogP contribution in [0.2, 0.25) is 0 Å². The third-order valence-electron chi connectivity index (χ3n) is 4.06. The minimum Gasteiger partial charge on any atom is -0.395 e. The van der Waals surface area contributed by atoms with Gasteiger partial charge in [-0.05, 0) is 37.7 Å². The molecule has 0 fully saturated rings. The number of aliphatic hydroxyl groups is 1. The van der Waals surface area contributed by atoms with Crippen molar-refractivity contribution in [2.75, 3.05) is 6.61 Å². The molecular formula is C14H17NO3. The molecule has 2 aliphatic rings. The Labute approximate surface area is 105 Å². The van der Waals surface area contributed by atoms with Crippen LogP contribution in [0.25, 0.3) is 0 Å². The lowest BCUT2D eigenvalue weighted by molar-refractivity contribution is 0.0968. The van der Waals surface area contributed by atoms with E-state index in [-0.39, 0.29) is 17.9 Å². The third kappa shape index (κ3) is 1.56. The van der Waals surface area contributed by atoms with E-state index in [9.17, 15) is 9.59 Å². The molecule has 0 bridgehead atoms. The second kappa shape index (κ2) is 4.35. The Kier molecular flexibility index (Phi) is 2.82. The number of fused-ring (bicyclic) bond motifs is 3. The van der Waals surface area contributed by atoms with Gasteiger partial charge in [0.25, 0.3) is 5.56 Å². The number of ketones is 1. The number of hydrogen-bond acceptors (Lipinski definition) is 3. The van der Waals surface area contributed by atoms with E-state index >= 15 is 0 Å². The molecule has 1 aromatic rings. The minimum absolute atomic E-state index is 0.0185. The monoisotopic (exact) mass is 247 g/mol. The first-order valence-electron chi connectivity index (χ1n) is 6.65. The summed E-state index contributed by atoms with van der Waals surface area (Å²) in [5.41, 5.74) is 3.52. The molecule has 0 radical (unpaired) electrons. The Morgan fingerprint density at radius 1 is 1.00 bits per heavy atom. The van der Waals surface area contributed by atoms with Crippen LogP contribution >= 0.6 is 0 Å². The molecule has 1 aromatic heterocycles. The maximum Gasteiger partial charge on any atom is 0.254 e. The lowest BCUT2D eigenvalue weighted by Crippen LogP contribution is -2.33. The van der Waals surface area contributed by atoms with Gasteiger partial charge in [0.2, 0.25) is 0 Å². The van der Waals surface area contributed by atoms with Gasteiger partial charge in [-0.1, -0.05) is 0 Å². The second-order valence-electron chi connectivity index (χ2n) is 5.09. The van der Waals surface area contributed by atoms with Crippen LogP contribution in [0.15, 0.2) is 4.79 Å². The molecule has 4 heteroatoms. The van der Waals surface area contributed by atoms with Gasteiger partial charge >= 0.3 is 0 Å². The molecule has 0 atom stereocenters. The van der Waals surface area contributed by atoms with Crippen LogP contribution in [-0.2, 0) is 25.8 Å². The molecule has 96 valence electrons. The quantitative estimate of drug-likeness (QED) is 0.842. The zero-order valence-electron chi connectivity index (χ0n) is 10.4. The molecule has 0 aliphatic heterocycles. The van der Waals surface area contributed by atoms with E-state index in [0.717, 1.165) is 54.5 Å². The summed E-state index contributed by atoms with van der Waals surface area (Å²) in [6.07, 6.45) is 4.79. The number of aromatic nitrogens is 1. The molecule has 0 unspecified atom stereocenters. The van der Waals surface area contributed by atoms with Gasteiger partial charge in [0.1, 0.15) is 0 Å². The highest BCUT2D eigenvalue weighted by Gasteiger charge is 2.29. The van der Waals surface area contributed by atoms with Crippen molar-refractivity contribution in [2.45, 2.75) is 45.1 Å². The summed E-state index contributed by atoms with van der Waals surface area (Å²) < 4.78 is 1.64. The standard InChI is InChI=1S/C14H17NO3/c16-8-7-15-11-5-2-6-12(17)13(11)9-3-1-4-10(9)14(15)18/h16H,1-8H2. The molecule has 2 aliphatic carbocycles. The molecule has 4 nitrogen and oxygen atoms in total. The van der Waals surface area contributed by atoms with Crippen LogP contribution < -0.4 is 5.56 Å². The average Bonchev–Trinajstić information content (AvgIpc) is 2.83. The Bertz CT molecular complexity index is 571. The van der Waals surface area contributed by atoms with Crippen LogP contribution in [0, 0.1) is 0 Å². The molecular weight excluding hydrogens is 230 g/mol. The normalized spacial score (nSPS) is 17.7.